The van der Waals surface area contributed by atoms with E-state index in [0.717, 1.165) is 0 Å². The summed E-state index contributed by atoms with van der Waals surface area (Å²) in [7, 11) is -4.35. The van der Waals surface area contributed by atoms with Gasteiger partial charge in [0.1, 0.15) is 5.75 Å². The van der Waals surface area contributed by atoms with Gasteiger partial charge in [-0.1, -0.05) is 18.2 Å². The second-order valence-corrected chi connectivity index (χ2v) is 8.28. The maximum absolute atomic E-state index is 13.9. The molecule has 0 saturated heterocycles. The summed E-state index contributed by atoms with van der Waals surface area (Å²) < 4.78 is 109. The Morgan fingerprint density at radius 3 is 2.11 bits per heavy atom. The van der Waals surface area contributed by atoms with Crippen LogP contribution in [0.4, 0.5) is 26.3 Å². The Hall–Kier alpha value is -3.91. The van der Waals surface area contributed by atoms with Gasteiger partial charge in [0.2, 0.25) is 11.6 Å². The first kappa shape index (κ1) is 26.7. The van der Waals surface area contributed by atoms with Gasteiger partial charge in [0.25, 0.3) is 0 Å². The number of benzene rings is 3. The molecule has 0 atom stereocenters. The molecule has 0 unspecified atom stereocenters. The number of fused-ring (bicyclic) bond motifs is 2. The zero-order chi connectivity index (χ0) is 26.8. The van der Waals surface area contributed by atoms with Gasteiger partial charge in [0.15, 0.2) is 11.6 Å². The summed E-state index contributed by atoms with van der Waals surface area (Å²) in [6.45, 7) is 0. The summed E-state index contributed by atoms with van der Waals surface area (Å²) in [5.41, 5.74) is -4.56. The number of carbonyl (C=O) groups is 1. The number of carbonyl (C=O) groups excluding carboxylic acids is 1. The molecule has 0 aliphatic rings. The minimum absolute atomic E-state index is 0.0614. The number of esters is 1. The van der Waals surface area contributed by atoms with E-state index < -0.39 is 44.8 Å². The molecule has 190 valence electrons. The number of hydrogen-bond acceptors (Lipinski definition) is 6. The Labute approximate surface area is 198 Å². The van der Waals surface area contributed by atoms with Crippen molar-refractivity contribution in [1.29, 1.82) is 0 Å². The molecule has 0 aliphatic carbocycles. The van der Waals surface area contributed by atoms with Crippen LogP contribution < -0.4 is 9.47 Å². The van der Waals surface area contributed by atoms with Gasteiger partial charge in [-0.15, -0.1) is 0 Å². The van der Waals surface area contributed by atoms with Gasteiger partial charge in [-0.2, -0.15) is 26.0 Å². The summed E-state index contributed by atoms with van der Waals surface area (Å²) >= 11 is 0. The van der Waals surface area contributed by atoms with Gasteiger partial charge in [-0.25, -0.2) is 18.6 Å². The molecular formula is C22H13F6NO6S. The van der Waals surface area contributed by atoms with Crippen LogP contribution in [0.1, 0.15) is 10.4 Å². The third kappa shape index (κ3) is 5.49. The molecule has 0 fully saturated rings. The van der Waals surface area contributed by atoms with Crippen molar-refractivity contribution in [3.05, 3.63) is 77.6 Å². The lowest BCUT2D eigenvalue weighted by Gasteiger charge is -2.12. The Morgan fingerprint density at radius 2 is 1.50 bits per heavy atom. The Bertz CT molecular complexity index is 1570. The van der Waals surface area contributed by atoms with Crippen molar-refractivity contribution in [3.63, 3.8) is 0 Å². The highest BCUT2D eigenvalue weighted by Crippen LogP contribution is 2.31. The van der Waals surface area contributed by atoms with E-state index in [9.17, 15) is 31.1 Å². The number of hydrogen-bond donors (Lipinski definition) is 1. The quantitative estimate of drug-likeness (QED) is 0.0713. The molecule has 0 radical (unpaired) electrons. The van der Waals surface area contributed by atoms with E-state index in [1.54, 1.807) is 42.5 Å². The van der Waals surface area contributed by atoms with Crippen LogP contribution in [0.25, 0.3) is 21.8 Å². The first-order valence-corrected chi connectivity index (χ1v) is 10.9. The highest BCUT2D eigenvalue weighted by atomic mass is 32.2. The number of halogens is 6. The number of nitrogens with zero attached hydrogens (tertiary/aromatic N) is 1. The van der Waals surface area contributed by atoms with Crippen molar-refractivity contribution in [3.8, 4) is 11.5 Å². The largest absolute Gasteiger partial charge is 0.522 e. The third-order valence-electron chi connectivity index (χ3n) is 4.58. The highest BCUT2D eigenvalue weighted by molar-refractivity contribution is 7.86. The summed E-state index contributed by atoms with van der Waals surface area (Å²) in [4.78, 5) is 17.4. The van der Waals surface area contributed by atoms with Crippen molar-refractivity contribution < 1.29 is 53.6 Å². The zero-order valence-corrected chi connectivity index (χ0v) is 18.6. The predicted octanol–water partition coefficient (Wildman–Crippen LogP) is 5.43. The van der Waals surface area contributed by atoms with Crippen molar-refractivity contribution in [2.24, 2.45) is 0 Å². The number of para-hydroxylation sites is 1. The van der Waals surface area contributed by atoms with E-state index in [0.29, 0.717) is 39.7 Å². The molecule has 0 saturated carbocycles. The van der Waals surface area contributed by atoms with Crippen LogP contribution in [-0.2, 0) is 10.1 Å². The van der Waals surface area contributed by atoms with Crippen molar-refractivity contribution in [2.75, 3.05) is 7.11 Å². The molecule has 0 bridgehead atoms. The van der Waals surface area contributed by atoms with Crippen LogP contribution in [0.2, 0.25) is 0 Å². The number of methoxy groups -OCH3 is 1. The second kappa shape index (κ2) is 9.99. The fourth-order valence-electron chi connectivity index (χ4n) is 2.97. The van der Waals surface area contributed by atoms with Gasteiger partial charge in [-0.05, 0) is 30.3 Å². The van der Waals surface area contributed by atoms with E-state index in [1.807, 2.05) is 0 Å². The molecule has 1 N–H and O–H groups in total. The molecule has 0 spiro atoms. The van der Waals surface area contributed by atoms with Crippen molar-refractivity contribution >= 4 is 37.9 Å². The molecule has 36 heavy (non-hydrogen) atoms. The Balaban J connectivity index is 0.000000392. The zero-order valence-electron chi connectivity index (χ0n) is 17.8. The average Bonchev–Trinajstić information content (AvgIpc) is 2.81. The molecule has 0 amide bonds. The third-order valence-corrected chi connectivity index (χ3v) is 5.17. The minimum Gasteiger partial charge on any atom is -0.497 e. The number of ether oxygens (including phenoxy) is 2. The fraction of sp³-hybridized carbons (Fsp3) is 0.0909. The maximum atomic E-state index is 13.9. The molecule has 1 heterocycles. The fourth-order valence-corrected chi connectivity index (χ4v) is 2.97. The van der Waals surface area contributed by atoms with Crippen molar-refractivity contribution in [1.82, 2.24) is 4.98 Å². The van der Waals surface area contributed by atoms with Crippen LogP contribution in [-0.4, -0.2) is 36.5 Å². The van der Waals surface area contributed by atoms with Crippen LogP contribution in [0, 0.1) is 17.5 Å². The summed E-state index contributed by atoms with van der Waals surface area (Å²) in [5, 5.41) is 0.837. The van der Waals surface area contributed by atoms with E-state index in [2.05, 4.69) is 4.98 Å². The first-order valence-electron chi connectivity index (χ1n) is 9.50. The topological polar surface area (TPSA) is 103 Å². The Kier molecular flexibility index (Phi) is 7.40. The monoisotopic (exact) mass is 533 g/mol. The number of pyridine rings is 1. The average molecular weight is 533 g/mol. The van der Waals surface area contributed by atoms with Crippen LogP contribution in [0.15, 0.2) is 54.6 Å². The summed E-state index contributed by atoms with van der Waals surface area (Å²) in [6.07, 6.45) is 0. The molecule has 7 nitrogen and oxygen atoms in total. The predicted molar refractivity (Wildman–Crippen MR) is 115 cm³/mol. The molecule has 3 aromatic carbocycles. The van der Waals surface area contributed by atoms with E-state index in [1.165, 1.54) is 7.11 Å². The normalized spacial score (nSPS) is 11.7. The number of aromatic nitrogens is 1. The number of alkyl halides is 3. The molecule has 14 heteroatoms. The second-order valence-electron chi connectivity index (χ2n) is 6.87. The molecule has 0 aliphatic heterocycles. The van der Waals surface area contributed by atoms with Crippen molar-refractivity contribution in [2.45, 2.75) is 5.51 Å². The lowest BCUT2D eigenvalue weighted by atomic mass is 10.0. The van der Waals surface area contributed by atoms with Gasteiger partial charge in [-0.3, -0.25) is 4.55 Å². The first-order chi connectivity index (χ1) is 16.7. The molecule has 4 rings (SSSR count). The van der Waals surface area contributed by atoms with Gasteiger partial charge in [0, 0.05) is 16.8 Å². The highest BCUT2D eigenvalue weighted by Gasteiger charge is 2.44. The number of rotatable bonds is 3. The lowest BCUT2D eigenvalue weighted by molar-refractivity contribution is -0.0510. The standard InChI is InChI=1S/C21H12F3NO3.CHF3O3S/c1-27-11-6-7-13-17(10-11)25-16-5-3-2-4-12(16)18(13)21(26)28-20-15(23)9-8-14(22)19(20)24;2-1(3,4)8(5,6)7/h2-10H,1H3;(H,5,6,7). The van der Waals surface area contributed by atoms with Gasteiger partial charge in [0.05, 0.1) is 23.7 Å². The van der Waals surface area contributed by atoms with Gasteiger partial charge >= 0.3 is 21.6 Å². The van der Waals surface area contributed by atoms with E-state index >= 15 is 0 Å². The van der Waals surface area contributed by atoms with Gasteiger partial charge < -0.3 is 9.47 Å². The minimum atomic E-state index is -5.84. The smallest absolute Gasteiger partial charge is 0.497 e. The summed E-state index contributed by atoms with van der Waals surface area (Å²) in [6, 6.07) is 12.9. The molecular weight excluding hydrogens is 520 g/mol. The van der Waals surface area contributed by atoms with Crippen LogP contribution in [0.3, 0.4) is 0 Å². The molecule has 4 aromatic rings. The van der Waals surface area contributed by atoms with Crippen LogP contribution in [0.5, 0.6) is 11.5 Å². The maximum Gasteiger partial charge on any atom is 0.522 e. The van der Waals surface area contributed by atoms with E-state index in [4.69, 9.17) is 22.4 Å². The molecule has 1 aromatic heterocycles. The lowest BCUT2D eigenvalue weighted by Crippen LogP contribution is -2.21. The SMILES string of the molecule is COc1ccc2c(C(=O)Oc3c(F)ccc(F)c3F)c3ccccc3nc2c1.O=S(=O)(O)C(F)(F)F. The van der Waals surface area contributed by atoms with Crippen LogP contribution >= 0.6 is 0 Å². The summed E-state index contributed by atoms with van der Waals surface area (Å²) in [5.74, 6) is -5.67. The van der Waals surface area contributed by atoms with E-state index in [-0.39, 0.29) is 5.56 Å². The Morgan fingerprint density at radius 1 is 0.917 bits per heavy atom.